The molecule has 3 heterocycles. The van der Waals surface area contributed by atoms with E-state index in [0.717, 1.165) is 28.6 Å². The van der Waals surface area contributed by atoms with Crippen molar-refractivity contribution < 1.29 is 0 Å². The van der Waals surface area contributed by atoms with Gasteiger partial charge in [-0.1, -0.05) is 76.8 Å². The Morgan fingerprint density at radius 3 is 1.60 bits per heavy atom. The number of rotatable bonds is 1. The Labute approximate surface area is 95.3 Å². The molecule has 0 radical (unpaired) electrons. The summed E-state index contributed by atoms with van der Waals surface area (Å²) in [6, 6.07) is 0. The molecule has 0 aromatic heterocycles. The molecule has 0 spiro atoms. The molecule has 0 saturated carbocycles. The van der Waals surface area contributed by atoms with Gasteiger partial charge in [-0.3, -0.25) is 0 Å². The standard InChI is InChI=1S/C14H25B/c1-11(2)14-9-7-12(3)5-6-13(4,8-10-14)15(12)14/h11H,5-10H2,1-4H3. The predicted octanol–water partition coefficient (Wildman–Crippen LogP) is 4.78. The maximum Gasteiger partial charge on any atom is 0.159 e. The second kappa shape index (κ2) is 2.66. The van der Waals surface area contributed by atoms with E-state index < -0.39 is 0 Å². The summed E-state index contributed by atoms with van der Waals surface area (Å²) < 4.78 is 0. The summed E-state index contributed by atoms with van der Waals surface area (Å²) in [5.74, 6) is 0.907. The van der Waals surface area contributed by atoms with Crippen molar-refractivity contribution in [3.63, 3.8) is 0 Å². The summed E-state index contributed by atoms with van der Waals surface area (Å²) in [5.41, 5.74) is 0. The normalized spacial score (nSPS) is 53.0. The molecule has 0 aromatic carbocycles. The van der Waals surface area contributed by atoms with Crippen molar-refractivity contribution >= 4 is 6.71 Å². The molecular weight excluding hydrogens is 179 g/mol. The maximum absolute atomic E-state index is 2.60. The molecule has 0 amide bonds. The van der Waals surface area contributed by atoms with E-state index in [1.54, 1.807) is 0 Å². The molecule has 0 bridgehead atoms. The van der Waals surface area contributed by atoms with Gasteiger partial charge in [-0.15, -0.1) is 0 Å². The Hall–Kier alpha value is 0.0649. The van der Waals surface area contributed by atoms with Crippen LogP contribution < -0.4 is 0 Å². The molecular formula is C14H25B. The zero-order valence-corrected chi connectivity index (χ0v) is 10.9. The fraction of sp³-hybridized carbons (Fsp3) is 1.00. The lowest BCUT2D eigenvalue weighted by molar-refractivity contribution is 0.375. The number of hydrogen-bond acceptors (Lipinski definition) is 0. The molecule has 2 unspecified atom stereocenters. The van der Waals surface area contributed by atoms with Crippen molar-refractivity contribution in [3.05, 3.63) is 0 Å². The summed E-state index contributed by atoms with van der Waals surface area (Å²) in [4.78, 5) is 0. The van der Waals surface area contributed by atoms with Gasteiger partial charge in [0.15, 0.2) is 6.71 Å². The molecule has 0 aromatic rings. The van der Waals surface area contributed by atoms with Crippen LogP contribution in [0.2, 0.25) is 15.9 Å². The Bertz CT molecular complexity index is 274. The van der Waals surface area contributed by atoms with Crippen molar-refractivity contribution in [1.29, 1.82) is 0 Å². The second-order valence-electron chi connectivity index (χ2n) is 7.63. The zero-order valence-electron chi connectivity index (χ0n) is 10.9. The van der Waals surface area contributed by atoms with Crippen LogP contribution in [0.1, 0.15) is 66.2 Å². The Kier molecular flexibility index (Phi) is 1.81. The van der Waals surface area contributed by atoms with Gasteiger partial charge in [0.1, 0.15) is 0 Å². The van der Waals surface area contributed by atoms with E-state index in [1.165, 1.54) is 38.5 Å². The van der Waals surface area contributed by atoms with Crippen molar-refractivity contribution in [3.8, 4) is 0 Å². The third-order valence-corrected chi connectivity index (χ3v) is 6.71. The molecule has 1 heteroatoms. The van der Waals surface area contributed by atoms with E-state index in [1.807, 2.05) is 0 Å². The van der Waals surface area contributed by atoms with Crippen molar-refractivity contribution in [2.45, 2.75) is 82.2 Å². The van der Waals surface area contributed by atoms with Gasteiger partial charge < -0.3 is 0 Å². The Morgan fingerprint density at radius 2 is 1.20 bits per heavy atom. The minimum Gasteiger partial charge on any atom is -0.0662 e. The highest BCUT2D eigenvalue weighted by molar-refractivity contribution is 6.71. The quantitative estimate of drug-likeness (QED) is 0.539. The topological polar surface area (TPSA) is 0 Å². The van der Waals surface area contributed by atoms with E-state index in [9.17, 15) is 0 Å². The molecule has 3 aliphatic rings. The molecule has 2 atom stereocenters. The van der Waals surface area contributed by atoms with Gasteiger partial charge in [0.25, 0.3) is 0 Å². The highest BCUT2D eigenvalue weighted by atomic mass is 14.6. The summed E-state index contributed by atoms with van der Waals surface area (Å²) in [6.45, 7) is 11.2. The van der Waals surface area contributed by atoms with Crippen LogP contribution in [0, 0.1) is 5.92 Å². The van der Waals surface area contributed by atoms with E-state index >= 15 is 0 Å². The predicted molar refractivity (Wildman–Crippen MR) is 67.7 cm³/mol. The lowest BCUT2D eigenvalue weighted by atomic mass is 9.21. The average Bonchev–Trinajstić information content (AvgIpc) is 2.71. The van der Waals surface area contributed by atoms with Gasteiger partial charge in [0, 0.05) is 0 Å². The minimum atomic E-state index is 0.718. The monoisotopic (exact) mass is 204 g/mol. The lowest BCUT2D eigenvalue weighted by Gasteiger charge is -2.38. The van der Waals surface area contributed by atoms with Crippen molar-refractivity contribution in [1.82, 2.24) is 0 Å². The summed E-state index contributed by atoms with van der Waals surface area (Å²) in [6.07, 6.45) is 9.13. The average molecular weight is 204 g/mol. The number of hydrogen-bond donors (Lipinski definition) is 0. The summed E-state index contributed by atoms with van der Waals surface area (Å²) in [7, 11) is 0. The molecule has 0 N–H and O–H groups in total. The minimum absolute atomic E-state index is 0.718. The van der Waals surface area contributed by atoms with E-state index in [2.05, 4.69) is 27.7 Å². The van der Waals surface area contributed by atoms with Crippen LogP contribution >= 0.6 is 0 Å². The molecule has 3 aliphatic heterocycles. The highest BCUT2D eigenvalue weighted by Gasteiger charge is 2.70. The second-order valence-corrected chi connectivity index (χ2v) is 7.63. The molecule has 15 heavy (non-hydrogen) atoms. The Balaban J connectivity index is 2.08. The first kappa shape index (κ1) is 10.2. The lowest BCUT2D eigenvalue weighted by Crippen LogP contribution is -2.36. The maximum atomic E-state index is 2.60. The summed E-state index contributed by atoms with van der Waals surface area (Å²) in [5, 5.41) is 2.17. The van der Waals surface area contributed by atoms with Crippen LogP contribution in [0.25, 0.3) is 0 Å². The largest absolute Gasteiger partial charge is 0.159 e. The summed E-state index contributed by atoms with van der Waals surface area (Å²) >= 11 is 0. The first-order chi connectivity index (χ1) is 6.93. The first-order valence-electron chi connectivity index (χ1n) is 6.93. The van der Waals surface area contributed by atoms with Gasteiger partial charge in [0.2, 0.25) is 0 Å². The molecule has 84 valence electrons. The van der Waals surface area contributed by atoms with Gasteiger partial charge in [-0.25, -0.2) is 0 Å². The molecule has 0 nitrogen and oxygen atoms in total. The van der Waals surface area contributed by atoms with Gasteiger partial charge >= 0.3 is 0 Å². The van der Waals surface area contributed by atoms with Gasteiger partial charge in [-0.05, 0) is 11.2 Å². The van der Waals surface area contributed by atoms with Crippen LogP contribution in [0.5, 0.6) is 0 Å². The fourth-order valence-electron chi connectivity index (χ4n) is 5.99. The fourth-order valence-corrected chi connectivity index (χ4v) is 5.99. The highest BCUT2D eigenvalue weighted by Crippen LogP contribution is 2.80. The van der Waals surface area contributed by atoms with Crippen LogP contribution in [0.3, 0.4) is 0 Å². The first-order valence-corrected chi connectivity index (χ1v) is 6.93. The van der Waals surface area contributed by atoms with Crippen LogP contribution in [0.4, 0.5) is 0 Å². The molecule has 0 aliphatic carbocycles. The zero-order chi connectivity index (χ0) is 10.9. The Morgan fingerprint density at radius 1 is 0.800 bits per heavy atom. The van der Waals surface area contributed by atoms with Crippen molar-refractivity contribution in [2.24, 2.45) is 5.92 Å². The van der Waals surface area contributed by atoms with E-state index in [4.69, 9.17) is 0 Å². The smallest absolute Gasteiger partial charge is 0.0662 e. The van der Waals surface area contributed by atoms with E-state index in [0.29, 0.717) is 0 Å². The third-order valence-electron chi connectivity index (χ3n) is 6.71. The van der Waals surface area contributed by atoms with Gasteiger partial charge in [-0.2, -0.15) is 0 Å². The van der Waals surface area contributed by atoms with Crippen molar-refractivity contribution in [2.75, 3.05) is 0 Å². The van der Waals surface area contributed by atoms with Crippen LogP contribution in [-0.4, -0.2) is 6.71 Å². The molecule has 3 fully saturated rings. The third kappa shape index (κ3) is 1.01. The van der Waals surface area contributed by atoms with Crippen LogP contribution in [-0.2, 0) is 0 Å². The molecule has 3 saturated heterocycles. The van der Waals surface area contributed by atoms with E-state index in [-0.39, 0.29) is 0 Å². The molecule has 3 rings (SSSR count). The van der Waals surface area contributed by atoms with Gasteiger partial charge in [0.05, 0.1) is 0 Å². The van der Waals surface area contributed by atoms with Crippen LogP contribution in [0.15, 0.2) is 0 Å². The SMILES string of the molecule is CC(C)C12CCC3(C)CCC(C)(CC1)B32.